The molecule has 0 saturated heterocycles. The molecule has 1 aliphatic heterocycles. The molecule has 1 aliphatic rings. The third-order valence-electron chi connectivity index (χ3n) is 3.00. The van der Waals surface area contributed by atoms with Crippen molar-refractivity contribution in [1.29, 1.82) is 0 Å². The minimum atomic E-state index is -3.14. The summed E-state index contributed by atoms with van der Waals surface area (Å²) >= 11 is 0. The van der Waals surface area contributed by atoms with Crippen LogP contribution in [0.25, 0.3) is 0 Å². The first-order valence-electron chi connectivity index (χ1n) is 6.38. The number of nitrogens with zero attached hydrogens (tertiary/aromatic N) is 1. The predicted octanol–water partition coefficient (Wildman–Crippen LogP) is 0.917. The van der Waals surface area contributed by atoms with E-state index in [0.29, 0.717) is 17.5 Å². The number of hydrogen-bond acceptors (Lipinski definition) is 5. The molecular formula is C13H19N3O2S. The van der Waals surface area contributed by atoms with Gasteiger partial charge in [-0.15, -0.1) is 0 Å². The Kier molecular flexibility index (Phi) is 4.09. The molecule has 0 fully saturated rings. The average molecular weight is 281 g/mol. The molecule has 0 aromatic heterocycles. The van der Waals surface area contributed by atoms with Gasteiger partial charge in [0.05, 0.1) is 17.2 Å². The number of hydrogen-bond donors (Lipinski definition) is 2. The summed E-state index contributed by atoms with van der Waals surface area (Å²) in [5.74, 6) is 0.895. The summed E-state index contributed by atoms with van der Waals surface area (Å²) in [5.41, 5.74) is 0.929. The summed E-state index contributed by atoms with van der Waals surface area (Å²) in [6.45, 7) is 5.05. The third-order valence-corrected chi connectivity index (χ3v) is 4.74. The molecule has 0 spiro atoms. The second-order valence-electron chi connectivity index (χ2n) is 4.64. The lowest BCUT2D eigenvalue weighted by Gasteiger charge is -2.09. The number of aliphatic imine (C=N–C) groups is 1. The van der Waals surface area contributed by atoms with Gasteiger partial charge < -0.3 is 10.6 Å². The Hall–Kier alpha value is -1.56. The molecule has 2 N–H and O–H groups in total. The summed E-state index contributed by atoms with van der Waals surface area (Å²) in [5, 5.41) is 6.37. The van der Waals surface area contributed by atoms with Gasteiger partial charge in [-0.3, -0.25) is 4.99 Å². The van der Waals surface area contributed by atoms with Gasteiger partial charge in [0.15, 0.2) is 15.8 Å². The van der Waals surface area contributed by atoms with Gasteiger partial charge in [-0.2, -0.15) is 0 Å². The van der Waals surface area contributed by atoms with Crippen LogP contribution in [0.4, 0.5) is 0 Å². The topological polar surface area (TPSA) is 70.6 Å². The van der Waals surface area contributed by atoms with Gasteiger partial charge in [0.25, 0.3) is 0 Å². The lowest BCUT2D eigenvalue weighted by atomic mass is 10.2. The lowest BCUT2D eigenvalue weighted by Crippen LogP contribution is -2.37. The van der Waals surface area contributed by atoms with Crippen molar-refractivity contribution < 1.29 is 8.42 Å². The highest BCUT2D eigenvalue weighted by molar-refractivity contribution is 7.91. The molecule has 0 radical (unpaired) electrons. The first kappa shape index (κ1) is 13.9. The Morgan fingerprint density at radius 3 is 2.89 bits per heavy atom. The normalized spacial score (nSPS) is 18.8. The number of guanidine groups is 1. The molecule has 1 atom stereocenters. The average Bonchev–Trinajstić information content (AvgIpc) is 2.82. The molecule has 1 unspecified atom stereocenters. The molecule has 0 saturated carbocycles. The number of benzene rings is 1. The van der Waals surface area contributed by atoms with Gasteiger partial charge in [-0.25, -0.2) is 8.42 Å². The van der Waals surface area contributed by atoms with Crippen molar-refractivity contribution in [2.24, 2.45) is 4.99 Å². The molecule has 1 heterocycles. The maximum absolute atomic E-state index is 11.8. The minimum absolute atomic E-state index is 0.121. The number of nitrogens with one attached hydrogen (secondary N) is 2. The summed E-state index contributed by atoms with van der Waals surface area (Å²) < 4.78 is 23.6. The highest BCUT2D eigenvalue weighted by atomic mass is 32.2. The highest BCUT2D eigenvalue weighted by Crippen LogP contribution is 2.13. The molecule has 5 nitrogen and oxygen atoms in total. The van der Waals surface area contributed by atoms with Gasteiger partial charge >= 0.3 is 0 Å². The van der Waals surface area contributed by atoms with Crippen LogP contribution in [-0.4, -0.2) is 32.7 Å². The van der Waals surface area contributed by atoms with Crippen LogP contribution in [0, 0.1) is 0 Å². The molecule has 6 heteroatoms. The van der Waals surface area contributed by atoms with Gasteiger partial charge in [0, 0.05) is 12.6 Å². The van der Waals surface area contributed by atoms with Crippen LogP contribution in [0.15, 0.2) is 34.2 Å². The lowest BCUT2D eigenvalue weighted by molar-refractivity contribution is 0.597. The Morgan fingerprint density at radius 2 is 2.26 bits per heavy atom. The molecule has 0 amide bonds. The largest absolute Gasteiger partial charge is 0.352 e. The van der Waals surface area contributed by atoms with E-state index in [9.17, 15) is 8.42 Å². The second-order valence-corrected chi connectivity index (χ2v) is 6.92. The van der Waals surface area contributed by atoms with E-state index in [4.69, 9.17) is 0 Å². The van der Waals surface area contributed by atoms with Crippen LogP contribution < -0.4 is 10.6 Å². The Labute approximate surface area is 114 Å². The number of sulfone groups is 1. The fraction of sp³-hybridized carbons (Fsp3) is 0.462. The van der Waals surface area contributed by atoms with Crippen LogP contribution >= 0.6 is 0 Å². The first-order chi connectivity index (χ1) is 9.01. The minimum Gasteiger partial charge on any atom is -0.352 e. The second kappa shape index (κ2) is 5.61. The van der Waals surface area contributed by atoms with Crippen LogP contribution in [0.5, 0.6) is 0 Å². The van der Waals surface area contributed by atoms with E-state index in [1.54, 1.807) is 25.1 Å². The van der Waals surface area contributed by atoms with Crippen molar-refractivity contribution in [3.63, 3.8) is 0 Å². The van der Waals surface area contributed by atoms with Crippen LogP contribution in [-0.2, 0) is 16.4 Å². The summed E-state index contributed by atoms with van der Waals surface area (Å²) in [6.07, 6.45) is 0. The van der Waals surface area contributed by atoms with Crippen molar-refractivity contribution in [3.05, 3.63) is 29.8 Å². The van der Waals surface area contributed by atoms with Gasteiger partial charge in [-0.05, 0) is 24.6 Å². The van der Waals surface area contributed by atoms with E-state index in [2.05, 4.69) is 22.5 Å². The zero-order valence-corrected chi connectivity index (χ0v) is 12.0. The fourth-order valence-corrected chi connectivity index (χ4v) is 2.81. The molecule has 2 rings (SSSR count). The number of rotatable bonds is 4. The monoisotopic (exact) mass is 281 g/mol. The van der Waals surface area contributed by atoms with Gasteiger partial charge in [-0.1, -0.05) is 19.1 Å². The fourth-order valence-electron chi connectivity index (χ4n) is 1.86. The van der Waals surface area contributed by atoms with E-state index in [1.165, 1.54) is 0 Å². The Morgan fingerprint density at radius 1 is 1.47 bits per heavy atom. The maximum atomic E-state index is 11.8. The quantitative estimate of drug-likeness (QED) is 0.861. The van der Waals surface area contributed by atoms with E-state index < -0.39 is 9.84 Å². The third kappa shape index (κ3) is 3.47. The predicted molar refractivity (Wildman–Crippen MR) is 75.9 cm³/mol. The standard InChI is InChI=1S/C13H19N3O2S/c1-3-19(17,18)12-6-4-5-11(7-12)9-15-13-14-8-10(2)16-13/h4-7,10H,3,8-9H2,1-2H3,(H2,14,15,16). The highest BCUT2D eigenvalue weighted by Gasteiger charge is 2.13. The van der Waals surface area contributed by atoms with Gasteiger partial charge in [0.2, 0.25) is 0 Å². The first-order valence-corrected chi connectivity index (χ1v) is 8.03. The molecule has 1 aromatic carbocycles. The molecule has 1 aromatic rings. The zero-order valence-electron chi connectivity index (χ0n) is 11.2. The van der Waals surface area contributed by atoms with Crippen LogP contribution in [0.2, 0.25) is 0 Å². The molecule has 19 heavy (non-hydrogen) atoms. The Balaban J connectivity index is 2.04. The summed E-state index contributed by atoms with van der Waals surface area (Å²) in [7, 11) is -3.14. The van der Waals surface area contributed by atoms with Crippen molar-refractivity contribution in [1.82, 2.24) is 10.6 Å². The van der Waals surface area contributed by atoms with Crippen molar-refractivity contribution in [2.75, 3.05) is 12.3 Å². The SMILES string of the molecule is CCS(=O)(=O)c1cccc(CNC2=NCC(C)N2)c1. The molecule has 0 bridgehead atoms. The summed E-state index contributed by atoms with van der Waals surface area (Å²) in [6, 6.07) is 7.38. The van der Waals surface area contributed by atoms with Crippen LogP contribution in [0.1, 0.15) is 19.4 Å². The Bertz CT molecular complexity index is 581. The smallest absolute Gasteiger partial charge is 0.191 e. The molecular weight excluding hydrogens is 262 g/mol. The van der Waals surface area contributed by atoms with Crippen LogP contribution in [0.3, 0.4) is 0 Å². The molecule has 0 aliphatic carbocycles. The zero-order chi connectivity index (χ0) is 13.9. The van der Waals surface area contributed by atoms with Crippen molar-refractivity contribution >= 4 is 15.8 Å². The summed E-state index contributed by atoms with van der Waals surface area (Å²) in [4.78, 5) is 4.67. The van der Waals surface area contributed by atoms with Crippen molar-refractivity contribution in [3.8, 4) is 0 Å². The van der Waals surface area contributed by atoms with E-state index in [1.807, 2.05) is 6.07 Å². The van der Waals surface area contributed by atoms with Gasteiger partial charge in [0.1, 0.15) is 0 Å². The van der Waals surface area contributed by atoms with E-state index in [0.717, 1.165) is 18.1 Å². The maximum Gasteiger partial charge on any atom is 0.191 e. The van der Waals surface area contributed by atoms with E-state index >= 15 is 0 Å². The van der Waals surface area contributed by atoms with E-state index in [-0.39, 0.29) is 5.75 Å². The van der Waals surface area contributed by atoms with Crippen molar-refractivity contribution in [2.45, 2.75) is 31.3 Å². The molecule has 104 valence electrons.